The SMILES string of the molecule is CCOC(=O)c1c(C)[nH]c(C)c1C(=O)/C(C#N)=C\c1ccc(OC)c(OCC)c1. The normalized spacial score (nSPS) is 11.0. The number of H-pyrrole nitrogens is 1. The Morgan fingerprint density at radius 1 is 1.10 bits per heavy atom. The molecule has 2 aromatic rings. The number of hydrogen-bond donors (Lipinski definition) is 1. The standard InChI is InChI=1S/C22H24N2O5/c1-6-28-18-11-15(8-9-17(18)27-5)10-16(12-23)21(25)19-13(3)24-14(4)20(19)22(26)29-7-2/h8-11,24H,6-7H2,1-5H3/b16-10-. The van der Waals surface area contributed by atoms with E-state index in [1.807, 2.05) is 13.0 Å². The zero-order chi connectivity index (χ0) is 21.6. The van der Waals surface area contributed by atoms with Crippen LogP contribution in [0.25, 0.3) is 6.08 Å². The number of nitrogens with zero attached hydrogens (tertiary/aromatic N) is 1. The number of benzene rings is 1. The summed E-state index contributed by atoms with van der Waals surface area (Å²) >= 11 is 0. The number of ether oxygens (including phenoxy) is 3. The number of hydrogen-bond acceptors (Lipinski definition) is 6. The fourth-order valence-electron chi connectivity index (χ4n) is 3.02. The van der Waals surface area contributed by atoms with Crippen LogP contribution in [0.5, 0.6) is 11.5 Å². The molecular formula is C22H24N2O5. The van der Waals surface area contributed by atoms with Crippen molar-refractivity contribution < 1.29 is 23.8 Å². The number of carbonyl (C=O) groups excluding carboxylic acids is 2. The average molecular weight is 396 g/mol. The van der Waals surface area contributed by atoms with Crippen LogP contribution in [0, 0.1) is 25.2 Å². The minimum atomic E-state index is -0.599. The molecule has 0 amide bonds. The van der Waals surface area contributed by atoms with Crippen molar-refractivity contribution >= 4 is 17.8 Å². The highest BCUT2D eigenvalue weighted by atomic mass is 16.5. The fourth-order valence-corrected chi connectivity index (χ4v) is 3.02. The van der Waals surface area contributed by atoms with Crippen LogP contribution in [0.15, 0.2) is 23.8 Å². The lowest BCUT2D eigenvalue weighted by Crippen LogP contribution is -2.13. The van der Waals surface area contributed by atoms with Gasteiger partial charge in [0.2, 0.25) is 5.78 Å². The van der Waals surface area contributed by atoms with Crippen molar-refractivity contribution in [1.82, 2.24) is 4.98 Å². The summed E-state index contributed by atoms with van der Waals surface area (Å²) in [6.07, 6.45) is 1.46. The first-order valence-corrected chi connectivity index (χ1v) is 9.21. The monoisotopic (exact) mass is 396 g/mol. The maximum absolute atomic E-state index is 13.1. The van der Waals surface area contributed by atoms with Crippen molar-refractivity contribution in [3.63, 3.8) is 0 Å². The van der Waals surface area contributed by atoms with Crippen LogP contribution < -0.4 is 9.47 Å². The summed E-state index contributed by atoms with van der Waals surface area (Å²) in [5.74, 6) is -0.0887. The van der Waals surface area contributed by atoms with Gasteiger partial charge >= 0.3 is 5.97 Å². The van der Waals surface area contributed by atoms with E-state index in [9.17, 15) is 14.9 Å². The Morgan fingerprint density at radius 3 is 2.38 bits per heavy atom. The first-order chi connectivity index (χ1) is 13.9. The van der Waals surface area contributed by atoms with Crippen LogP contribution in [0.4, 0.5) is 0 Å². The lowest BCUT2D eigenvalue weighted by atomic mass is 9.98. The first-order valence-electron chi connectivity index (χ1n) is 9.21. The van der Waals surface area contributed by atoms with Gasteiger partial charge in [-0.15, -0.1) is 0 Å². The zero-order valence-corrected chi connectivity index (χ0v) is 17.2. The molecule has 7 heteroatoms. The molecule has 1 aromatic heterocycles. The van der Waals surface area contributed by atoms with Crippen molar-refractivity contribution in [2.75, 3.05) is 20.3 Å². The number of nitriles is 1. The van der Waals surface area contributed by atoms with Gasteiger partial charge in [-0.3, -0.25) is 4.79 Å². The van der Waals surface area contributed by atoms with Crippen molar-refractivity contribution in [3.8, 4) is 17.6 Å². The van der Waals surface area contributed by atoms with E-state index < -0.39 is 11.8 Å². The molecule has 0 spiro atoms. The maximum Gasteiger partial charge on any atom is 0.340 e. The smallest absolute Gasteiger partial charge is 0.340 e. The molecule has 0 aliphatic carbocycles. The highest BCUT2D eigenvalue weighted by molar-refractivity contribution is 6.19. The number of Topliss-reactive ketones (excluding diaryl/α,β-unsaturated/α-hetero) is 1. The third kappa shape index (κ3) is 4.66. The number of esters is 1. The molecule has 0 fully saturated rings. The number of carbonyl (C=O) groups is 2. The summed E-state index contributed by atoms with van der Waals surface area (Å²) in [7, 11) is 1.53. The summed E-state index contributed by atoms with van der Waals surface area (Å²) < 4.78 is 15.9. The van der Waals surface area contributed by atoms with Crippen LogP contribution in [0.2, 0.25) is 0 Å². The van der Waals surface area contributed by atoms with Crippen molar-refractivity contribution in [2.24, 2.45) is 0 Å². The van der Waals surface area contributed by atoms with E-state index in [0.29, 0.717) is 35.1 Å². The van der Waals surface area contributed by atoms with Gasteiger partial charge in [0.05, 0.1) is 31.5 Å². The third-order valence-corrected chi connectivity index (χ3v) is 4.25. The van der Waals surface area contributed by atoms with Gasteiger partial charge < -0.3 is 19.2 Å². The number of aromatic amines is 1. The van der Waals surface area contributed by atoms with Crippen LogP contribution in [0.1, 0.15) is 51.5 Å². The highest BCUT2D eigenvalue weighted by Gasteiger charge is 2.27. The molecule has 7 nitrogen and oxygen atoms in total. The zero-order valence-electron chi connectivity index (χ0n) is 17.2. The lowest BCUT2D eigenvalue weighted by Gasteiger charge is -2.10. The van der Waals surface area contributed by atoms with E-state index in [-0.39, 0.29) is 23.3 Å². The summed E-state index contributed by atoms with van der Waals surface area (Å²) in [5, 5.41) is 9.60. The minimum absolute atomic E-state index is 0.106. The Bertz CT molecular complexity index is 995. The van der Waals surface area contributed by atoms with Crippen LogP contribution in [-0.4, -0.2) is 37.1 Å². The Kier molecular flexibility index (Phi) is 7.21. The van der Waals surface area contributed by atoms with Crippen molar-refractivity contribution in [3.05, 3.63) is 51.9 Å². The van der Waals surface area contributed by atoms with E-state index >= 15 is 0 Å². The molecule has 0 aliphatic heterocycles. The Balaban J connectivity index is 2.51. The van der Waals surface area contributed by atoms with E-state index in [2.05, 4.69) is 4.98 Å². The number of aryl methyl sites for hydroxylation is 2. The fraction of sp³-hybridized carbons (Fsp3) is 0.318. The predicted molar refractivity (Wildman–Crippen MR) is 108 cm³/mol. The van der Waals surface area contributed by atoms with E-state index in [0.717, 1.165) is 0 Å². The summed E-state index contributed by atoms with van der Waals surface area (Å²) in [4.78, 5) is 28.4. The molecule has 0 bridgehead atoms. The summed E-state index contributed by atoms with van der Waals surface area (Å²) in [6, 6.07) is 7.04. The molecule has 1 aromatic carbocycles. The molecule has 1 N–H and O–H groups in total. The molecule has 0 saturated heterocycles. The second-order valence-corrected chi connectivity index (χ2v) is 6.19. The van der Waals surface area contributed by atoms with Gasteiger partial charge in [-0.1, -0.05) is 6.07 Å². The van der Waals surface area contributed by atoms with Gasteiger partial charge in [0.1, 0.15) is 11.6 Å². The molecule has 0 aliphatic rings. The number of aromatic nitrogens is 1. The van der Waals surface area contributed by atoms with Gasteiger partial charge in [-0.25, -0.2) is 4.79 Å². The molecule has 1 heterocycles. The largest absolute Gasteiger partial charge is 0.493 e. The number of rotatable bonds is 8. The highest BCUT2D eigenvalue weighted by Crippen LogP contribution is 2.30. The summed E-state index contributed by atoms with van der Waals surface area (Å²) in [6.45, 7) is 7.53. The van der Waals surface area contributed by atoms with Gasteiger partial charge in [-0.2, -0.15) is 5.26 Å². The lowest BCUT2D eigenvalue weighted by molar-refractivity contribution is 0.0523. The van der Waals surface area contributed by atoms with Crippen LogP contribution in [-0.2, 0) is 4.74 Å². The van der Waals surface area contributed by atoms with Gasteiger partial charge in [0, 0.05) is 11.4 Å². The molecule has 0 saturated carbocycles. The van der Waals surface area contributed by atoms with E-state index in [1.54, 1.807) is 39.0 Å². The summed E-state index contributed by atoms with van der Waals surface area (Å²) in [5.41, 5.74) is 1.81. The van der Waals surface area contributed by atoms with Gasteiger partial charge in [0.15, 0.2) is 11.5 Å². The molecule has 0 unspecified atom stereocenters. The molecular weight excluding hydrogens is 372 g/mol. The topological polar surface area (TPSA) is 101 Å². The average Bonchev–Trinajstić information content (AvgIpc) is 3.00. The Hall–Kier alpha value is -3.53. The number of nitrogens with one attached hydrogen (secondary N) is 1. The van der Waals surface area contributed by atoms with Crippen LogP contribution >= 0.6 is 0 Å². The predicted octanol–water partition coefficient (Wildman–Crippen LogP) is 4.01. The molecule has 0 atom stereocenters. The quantitative estimate of drug-likeness (QED) is 0.313. The van der Waals surface area contributed by atoms with E-state index in [1.165, 1.54) is 13.2 Å². The molecule has 152 valence electrons. The first kappa shape index (κ1) is 21.8. The number of methoxy groups -OCH3 is 1. The minimum Gasteiger partial charge on any atom is -0.493 e. The number of ketones is 1. The maximum atomic E-state index is 13.1. The molecule has 29 heavy (non-hydrogen) atoms. The second-order valence-electron chi connectivity index (χ2n) is 6.19. The van der Waals surface area contributed by atoms with E-state index in [4.69, 9.17) is 14.2 Å². The van der Waals surface area contributed by atoms with Crippen molar-refractivity contribution in [1.29, 1.82) is 5.26 Å². The third-order valence-electron chi connectivity index (χ3n) is 4.25. The molecule has 2 rings (SSSR count). The Morgan fingerprint density at radius 2 is 1.79 bits per heavy atom. The van der Waals surface area contributed by atoms with Gasteiger partial charge in [-0.05, 0) is 51.5 Å². The Labute approximate surface area is 169 Å². The number of allylic oxidation sites excluding steroid dienone is 1. The second kappa shape index (κ2) is 9.60. The van der Waals surface area contributed by atoms with Gasteiger partial charge in [0.25, 0.3) is 0 Å². The van der Waals surface area contributed by atoms with Crippen LogP contribution in [0.3, 0.4) is 0 Å². The molecule has 0 radical (unpaired) electrons. The van der Waals surface area contributed by atoms with Crippen molar-refractivity contribution in [2.45, 2.75) is 27.7 Å².